The fraction of sp³-hybridized carbons (Fsp3) is 0.0769. The predicted octanol–water partition coefficient (Wildman–Crippen LogP) is 2.15. The van der Waals surface area contributed by atoms with Crippen molar-refractivity contribution in [3.8, 4) is 0 Å². The number of pyridine rings is 1. The van der Waals surface area contributed by atoms with Gasteiger partial charge in [0.15, 0.2) is 5.11 Å². The molecule has 0 radical (unpaired) electrons. The van der Waals surface area contributed by atoms with Gasteiger partial charge in [0, 0.05) is 30.3 Å². The van der Waals surface area contributed by atoms with Crippen LogP contribution in [0, 0.1) is 0 Å². The number of hydrogen-bond donors (Lipinski definition) is 3. The van der Waals surface area contributed by atoms with Crippen LogP contribution < -0.4 is 16.4 Å². The Balaban J connectivity index is 1.84. The molecule has 0 saturated heterocycles. The SMILES string of the molecule is Nc1ccc(NC(=S)NCc2ccncc2)cc1. The lowest BCUT2D eigenvalue weighted by Gasteiger charge is -2.10. The molecule has 0 unspecified atom stereocenters. The van der Waals surface area contributed by atoms with E-state index in [1.54, 1.807) is 12.4 Å². The molecule has 1 heterocycles. The van der Waals surface area contributed by atoms with Crippen molar-refractivity contribution in [3.05, 3.63) is 54.4 Å². The number of nitrogens with zero attached hydrogens (tertiary/aromatic N) is 1. The van der Waals surface area contributed by atoms with Gasteiger partial charge in [-0.1, -0.05) is 0 Å². The van der Waals surface area contributed by atoms with E-state index >= 15 is 0 Å². The summed E-state index contributed by atoms with van der Waals surface area (Å²) in [5.41, 5.74) is 8.39. The van der Waals surface area contributed by atoms with Crippen molar-refractivity contribution in [3.63, 3.8) is 0 Å². The smallest absolute Gasteiger partial charge is 0.171 e. The van der Waals surface area contributed by atoms with Crippen LogP contribution in [0.4, 0.5) is 11.4 Å². The Bertz CT molecular complexity index is 510. The first-order valence-corrected chi connectivity index (χ1v) is 5.94. The molecule has 0 aliphatic heterocycles. The maximum atomic E-state index is 5.61. The van der Waals surface area contributed by atoms with Gasteiger partial charge in [0.2, 0.25) is 0 Å². The average Bonchev–Trinajstić information content (AvgIpc) is 2.40. The number of nitrogens with one attached hydrogen (secondary N) is 2. The summed E-state index contributed by atoms with van der Waals surface area (Å²) in [6, 6.07) is 11.3. The number of rotatable bonds is 3. The van der Waals surface area contributed by atoms with Crippen LogP contribution in [-0.2, 0) is 6.54 Å². The van der Waals surface area contributed by atoms with Gasteiger partial charge in [0.25, 0.3) is 0 Å². The lowest BCUT2D eigenvalue weighted by molar-refractivity contribution is 0.921. The van der Waals surface area contributed by atoms with Gasteiger partial charge in [-0.2, -0.15) is 0 Å². The summed E-state index contributed by atoms with van der Waals surface area (Å²) >= 11 is 5.20. The van der Waals surface area contributed by atoms with Crippen LogP contribution in [0.25, 0.3) is 0 Å². The minimum atomic E-state index is 0.580. The summed E-state index contributed by atoms with van der Waals surface area (Å²) in [6.07, 6.45) is 3.51. The summed E-state index contributed by atoms with van der Waals surface area (Å²) in [4.78, 5) is 3.96. The molecule has 2 aromatic rings. The summed E-state index contributed by atoms with van der Waals surface area (Å²) in [5, 5.41) is 6.79. The van der Waals surface area contributed by atoms with Crippen molar-refractivity contribution in [2.75, 3.05) is 11.1 Å². The van der Waals surface area contributed by atoms with Crippen molar-refractivity contribution < 1.29 is 0 Å². The molecule has 0 fully saturated rings. The lowest BCUT2D eigenvalue weighted by atomic mass is 10.3. The van der Waals surface area contributed by atoms with Crippen LogP contribution in [0.2, 0.25) is 0 Å². The highest BCUT2D eigenvalue weighted by Crippen LogP contribution is 2.10. The molecule has 2 rings (SSSR count). The highest BCUT2D eigenvalue weighted by molar-refractivity contribution is 7.80. The van der Waals surface area contributed by atoms with Crippen molar-refractivity contribution in [1.29, 1.82) is 0 Å². The zero-order chi connectivity index (χ0) is 12.8. The molecule has 92 valence electrons. The molecule has 4 nitrogen and oxygen atoms in total. The van der Waals surface area contributed by atoms with Crippen LogP contribution in [0.1, 0.15) is 5.56 Å². The fourth-order valence-electron chi connectivity index (χ4n) is 1.42. The zero-order valence-corrected chi connectivity index (χ0v) is 10.6. The second kappa shape index (κ2) is 5.97. The number of aromatic nitrogens is 1. The molecular formula is C13H14N4S. The highest BCUT2D eigenvalue weighted by Gasteiger charge is 1.97. The largest absolute Gasteiger partial charge is 0.399 e. The Hall–Kier alpha value is -2.14. The van der Waals surface area contributed by atoms with E-state index in [1.165, 1.54) is 0 Å². The van der Waals surface area contributed by atoms with Gasteiger partial charge in [-0.3, -0.25) is 4.98 Å². The normalized spacial score (nSPS) is 9.78. The number of anilines is 2. The number of nitrogen functional groups attached to an aromatic ring is 1. The number of benzene rings is 1. The van der Waals surface area contributed by atoms with E-state index in [2.05, 4.69) is 15.6 Å². The minimum Gasteiger partial charge on any atom is -0.399 e. The van der Waals surface area contributed by atoms with Crippen LogP contribution in [-0.4, -0.2) is 10.1 Å². The molecule has 0 atom stereocenters. The third-order valence-electron chi connectivity index (χ3n) is 2.37. The van der Waals surface area contributed by atoms with Crippen molar-refractivity contribution in [2.45, 2.75) is 6.54 Å². The molecule has 0 saturated carbocycles. The van der Waals surface area contributed by atoms with Gasteiger partial charge in [0.05, 0.1) is 0 Å². The van der Waals surface area contributed by atoms with E-state index in [1.807, 2.05) is 36.4 Å². The Labute approximate surface area is 111 Å². The zero-order valence-electron chi connectivity index (χ0n) is 9.76. The quantitative estimate of drug-likeness (QED) is 0.581. The van der Waals surface area contributed by atoms with E-state index in [4.69, 9.17) is 18.0 Å². The molecule has 1 aromatic heterocycles. The second-order valence-electron chi connectivity index (χ2n) is 3.79. The Kier molecular flexibility index (Phi) is 4.09. The summed E-state index contributed by atoms with van der Waals surface area (Å²) < 4.78 is 0. The van der Waals surface area contributed by atoms with Gasteiger partial charge in [-0.15, -0.1) is 0 Å². The molecule has 0 bridgehead atoms. The topological polar surface area (TPSA) is 63.0 Å². The van der Waals surface area contributed by atoms with Gasteiger partial charge in [-0.25, -0.2) is 0 Å². The minimum absolute atomic E-state index is 0.580. The van der Waals surface area contributed by atoms with Crippen LogP contribution in [0.3, 0.4) is 0 Å². The first-order chi connectivity index (χ1) is 8.74. The third-order valence-corrected chi connectivity index (χ3v) is 2.62. The highest BCUT2D eigenvalue weighted by atomic mass is 32.1. The monoisotopic (exact) mass is 258 g/mol. The molecule has 5 heteroatoms. The van der Waals surface area contributed by atoms with E-state index in [9.17, 15) is 0 Å². The maximum absolute atomic E-state index is 5.61. The Morgan fingerprint density at radius 3 is 2.44 bits per heavy atom. The molecule has 0 amide bonds. The number of nitrogens with two attached hydrogens (primary N) is 1. The number of thiocarbonyl (C=S) groups is 1. The van der Waals surface area contributed by atoms with Crippen LogP contribution in [0.15, 0.2) is 48.8 Å². The third kappa shape index (κ3) is 3.71. The van der Waals surface area contributed by atoms with Gasteiger partial charge < -0.3 is 16.4 Å². The summed E-state index contributed by atoms with van der Waals surface area (Å²) in [5.74, 6) is 0. The molecule has 0 aliphatic carbocycles. The van der Waals surface area contributed by atoms with Crippen molar-refractivity contribution in [1.82, 2.24) is 10.3 Å². The predicted molar refractivity (Wildman–Crippen MR) is 78.2 cm³/mol. The first-order valence-electron chi connectivity index (χ1n) is 5.53. The van der Waals surface area contributed by atoms with Gasteiger partial charge in [0.1, 0.15) is 0 Å². The fourth-order valence-corrected chi connectivity index (χ4v) is 1.61. The average molecular weight is 258 g/mol. The Morgan fingerprint density at radius 1 is 1.11 bits per heavy atom. The van der Waals surface area contributed by atoms with Gasteiger partial charge >= 0.3 is 0 Å². The summed E-state index contributed by atoms with van der Waals surface area (Å²) in [6.45, 7) is 0.670. The molecule has 1 aromatic carbocycles. The van der Waals surface area contributed by atoms with Gasteiger partial charge in [-0.05, 0) is 54.2 Å². The molecule has 18 heavy (non-hydrogen) atoms. The second-order valence-corrected chi connectivity index (χ2v) is 4.19. The lowest BCUT2D eigenvalue weighted by Crippen LogP contribution is -2.27. The van der Waals surface area contributed by atoms with E-state index < -0.39 is 0 Å². The standard InChI is InChI=1S/C13H14N4S/c14-11-1-3-12(4-2-11)17-13(18)16-9-10-5-7-15-8-6-10/h1-8H,9,14H2,(H2,16,17,18). The molecule has 4 N–H and O–H groups in total. The van der Waals surface area contributed by atoms with E-state index in [0.29, 0.717) is 11.7 Å². The van der Waals surface area contributed by atoms with Crippen molar-refractivity contribution in [2.24, 2.45) is 0 Å². The molecule has 0 aliphatic rings. The van der Waals surface area contributed by atoms with E-state index in [-0.39, 0.29) is 0 Å². The van der Waals surface area contributed by atoms with Crippen LogP contribution >= 0.6 is 12.2 Å². The number of hydrogen-bond acceptors (Lipinski definition) is 3. The van der Waals surface area contributed by atoms with Crippen LogP contribution in [0.5, 0.6) is 0 Å². The summed E-state index contributed by atoms with van der Waals surface area (Å²) in [7, 11) is 0. The van der Waals surface area contributed by atoms with Crippen molar-refractivity contribution >= 4 is 28.7 Å². The maximum Gasteiger partial charge on any atom is 0.171 e. The first kappa shape index (κ1) is 12.3. The van der Waals surface area contributed by atoms with E-state index in [0.717, 1.165) is 16.9 Å². The molecular weight excluding hydrogens is 244 g/mol. The Morgan fingerprint density at radius 2 is 1.78 bits per heavy atom. The molecule has 0 spiro atoms.